The number of aromatic nitrogens is 2. The molecule has 7 heteroatoms. The van der Waals surface area contributed by atoms with E-state index in [2.05, 4.69) is 15.5 Å². The van der Waals surface area contributed by atoms with Crippen LogP contribution in [0.25, 0.3) is 11.3 Å². The second-order valence-corrected chi connectivity index (χ2v) is 7.05. The molecule has 0 aliphatic carbocycles. The van der Waals surface area contributed by atoms with Crippen LogP contribution < -0.4 is 5.32 Å². The highest BCUT2D eigenvalue weighted by atomic mass is 35.5. The van der Waals surface area contributed by atoms with Gasteiger partial charge in [-0.15, -0.1) is 12.4 Å². The normalized spacial score (nSPS) is 16.1. The molecule has 1 fully saturated rings. The summed E-state index contributed by atoms with van der Waals surface area (Å²) in [6.45, 7) is 2.58. The highest BCUT2D eigenvalue weighted by Crippen LogP contribution is 2.19. The number of carbonyl (C=O) groups excluding carboxylic acids is 1. The van der Waals surface area contributed by atoms with Crippen molar-refractivity contribution in [3.63, 3.8) is 0 Å². The summed E-state index contributed by atoms with van der Waals surface area (Å²) in [5.41, 5.74) is 2.62. The van der Waals surface area contributed by atoms with Crippen molar-refractivity contribution < 1.29 is 9.18 Å². The van der Waals surface area contributed by atoms with Gasteiger partial charge in [0, 0.05) is 31.4 Å². The summed E-state index contributed by atoms with van der Waals surface area (Å²) < 4.78 is 13.3. The van der Waals surface area contributed by atoms with Gasteiger partial charge in [0.15, 0.2) is 0 Å². The Labute approximate surface area is 166 Å². The van der Waals surface area contributed by atoms with E-state index in [0.29, 0.717) is 0 Å². The van der Waals surface area contributed by atoms with E-state index >= 15 is 0 Å². The fourth-order valence-corrected chi connectivity index (χ4v) is 3.41. The van der Waals surface area contributed by atoms with Gasteiger partial charge in [0.1, 0.15) is 5.82 Å². The maximum atomic E-state index is 13.3. The molecule has 2 N–H and O–H groups in total. The molecule has 2 heterocycles. The summed E-state index contributed by atoms with van der Waals surface area (Å²) in [6, 6.07) is 8.46. The molecule has 0 saturated carbocycles. The van der Waals surface area contributed by atoms with Crippen molar-refractivity contribution in [1.82, 2.24) is 20.4 Å². The average Bonchev–Trinajstić information content (AvgIpc) is 3.32. The minimum Gasteiger partial charge on any atom is -0.345 e. The average molecular weight is 395 g/mol. The lowest BCUT2D eigenvalue weighted by atomic mass is 10.1. The standard InChI is InChI=1S/C20H27FN4O.ClH/c1-25(20(26)16-9-10-22-14-16)11-4-2-3-8-18-13-19(24-23-18)15-6-5-7-17(21)12-15;/h5-7,12-13,16,22H,2-4,8-11,14H2,1H3,(H,23,24);1H. The van der Waals surface area contributed by atoms with Gasteiger partial charge in [0.05, 0.1) is 11.6 Å². The monoisotopic (exact) mass is 394 g/mol. The Kier molecular flexibility index (Phi) is 8.25. The number of hydrogen-bond acceptors (Lipinski definition) is 3. The molecule has 1 amide bonds. The van der Waals surface area contributed by atoms with Crippen LogP contribution in [0.1, 0.15) is 31.4 Å². The van der Waals surface area contributed by atoms with E-state index in [0.717, 1.165) is 68.7 Å². The van der Waals surface area contributed by atoms with E-state index < -0.39 is 0 Å². The maximum absolute atomic E-state index is 13.3. The van der Waals surface area contributed by atoms with Crippen LogP contribution >= 0.6 is 12.4 Å². The summed E-state index contributed by atoms with van der Waals surface area (Å²) in [6.07, 6.45) is 4.98. The van der Waals surface area contributed by atoms with E-state index in [-0.39, 0.29) is 30.0 Å². The first-order valence-corrected chi connectivity index (χ1v) is 9.39. The van der Waals surface area contributed by atoms with Gasteiger partial charge in [-0.25, -0.2) is 4.39 Å². The second-order valence-electron chi connectivity index (χ2n) is 7.05. The quantitative estimate of drug-likeness (QED) is 0.674. The number of aryl methyl sites for hydroxylation is 1. The van der Waals surface area contributed by atoms with Crippen LogP contribution in [0.5, 0.6) is 0 Å². The second kappa shape index (κ2) is 10.4. The SMILES string of the molecule is CN(CCCCCc1cc(-c2cccc(F)c2)n[nH]1)C(=O)C1CCNC1.Cl. The van der Waals surface area contributed by atoms with E-state index in [4.69, 9.17) is 0 Å². The van der Waals surface area contributed by atoms with Crippen molar-refractivity contribution >= 4 is 18.3 Å². The Morgan fingerprint density at radius 2 is 2.15 bits per heavy atom. The number of halogens is 2. The van der Waals surface area contributed by atoms with Gasteiger partial charge in [-0.05, 0) is 50.4 Å². The van der Waals surface area contributed by atoms with Crippen molar-refractivity contribution in [2.24, 2.45) is 5.92 Å². The minimum atomic E-state index is -0.251. The molecule has 5 nitrogen and oxygen atoms in total. The lowest BCUT2D eigenvalue weighted by Crippen LogP contribution is -2.34. The van der Waals surface area contributed by atoms with Crippen LogP contribution in [0.4, 0.5) is 4.39 Å². The molecular weight excluding hydrogens is 367 g/mol. The molecule has 1 saturated heterocycles. The zero-order valence-electron chi connectivity index (χ0n) is 15.7. The van der Waals surface area contributed by atoms with Gasteiger partial charge in [-0.1, -0.05) is 18.6 Å². The lowest BCUT2D eigenvalue weighted by Gasteiger charge is -2.20. The fourth-order valence-electron chi connectivity index (χ4n) is 3.41. The van der Waals surface area contributed by atoms with Crippen LogP contribution in [0, 0.1) is 11.7 Å². The van der Waals surface area contributed by atoms with Gasteiger partial charge < -0.3 is 10.2 Å². The Balaban J connectivity index is 0.00000261. The van der Waals surface area contributed by atoms with Crippen molar-refractivity contribution in [2.45, 2.75) is 32.1 Å². The highest BCUT2D eigenvalue weighted by Gasteiger charge is 2.24. The predicted octanol–water partition coefficient (Wildman–Crippen LogP) is 3.42. The third kappa shape index (κ3) is 6.04. The summed E-state index contributed by atoms with van der Waals surface area (Å²) in [4.78, 5) is 14.1. The molecule has 0 spiro atoms. The number of nitrogens with zero attached hydrogens (tertiary/aromatic N) is 2. The Morgan fingerprint density at radius 3 is 2.89 bits per heavy atom. The zero-order chi connectivity index (χ0) is 18.4. The molecule has 148 valence electrons. The number of benzene rings is 1. The zero-order valence-corrected chi connectivity index (χ0v) is 16.5. The molecule has 1 aromatic carbocycles. The summed E-state index contributed by atoms with van der Waals surface area (Å²) >= 11 is 0. The molecule has 0 bridgehead atoms. The molecule has 27 heavy (non-hydrogen) atoms. The van der Waals surface area contributed by atoms with Gasteiger partial charge in [0.25, 0.3) is 0 Å². The Bertz CT molecular complexity index is 730. The minimum absolute atomic E-state index is 0. The van der Waals surface area contributed by atoms with Gasteiger partial charge in [0.2, 0.25) is 5.91 Å². The molecule has 1 unspecified atom stereocenters. The fraction of sp³-hybridized carbons (Fsp3) is 0.500. The molecule has 1 atom stereocenters. The molecule has 2 aromatic rings. The molecule has 1 aliphatic heterocycles. The number of H-pyrrole nitrogens is 1. The number of carbonyl (C=O) groups is 1. The largest absolute Gasteiger partial charge is 0.345 e. The molecule has 3 rings (SSSR count). The molecule has 0 radical (unpaired) electrons. The molecular formula is C20H28ClFN4O. The van der Waals surface area contributed by atoms with Crippen LogP contribution in [-0.2, 0) is 11.2 Å². The van der Waals surface area contributed by atoms with Gasteiger partial charge in [-0.2, -0.15) is 5.10 Å². The van der Waals surface area contributed by atoms with Crippen LogP contribution in [0.15, 0.2) is 30.3 Å². The van der Waals surface area contributed by atoms with Gasteiger partial charge in [-0.3, -0.25) is 9.89 Å². The first-order chi connectivity index (χ1) is 12.6. The van der Waals surface area contributed by atoms with E-state index in [1.807, 2.05) is 24.1 Å². The lowest BCUT2D eigenvalue weighted by molar-refractivity contribution is -0.133. The van der Waals surface area contributed by atoms with Crippen molar-refractivity contribution in [3.05, 3.63) is 41.8 Å². The van der Waals surface area contributed by atoms with Crippen LogP contribution in [-0.4, -0.2) is 47.7 Å². The maximum Gasteiger partial charge on any atom is 0.226 e. The number of unbranched alkanes of at least 4 members (excludes halogenated alkanes) is 2. The third-order valence-corrected chi connectivity index (χ3v) is 4.98. The van der Waals surface area contributed by atoms with Crippen molar-refractivity contribution in [2.75, 3.05) is 26.7 Å². The summed E-state index contributed by atoms with van der Waals surface area (Å²) in [7, 11) is 1.90. The summed E-state index contributed by atoms with van der Waals surface area (Å²) in [5.74, 6) is 0.175. The van der Waals surface area contributed by atoms with Crippen molar-refractivity contribution in [3.8, 4) is 11.3 Å². The molecule has 1 aromatic heterocycles. The summed E-state index contributed by atoms with van der Waals surface area (Å²) in [5, 5.41) is 10.5. The Hall–Kier alpha value is -1.92. The number of nitrogens with one attached hydrogen (secondary N) is 2. The van der Waals surface area contributed by atoms with E-state index in [9.17, 15) is 9.18 Å². The van der Waals surface area contributed by atoms with Crippen LogP contribution in [0.2, 0.25) is 0 Å². The molecule has 1 aliphatic rings. The van der Waals surface area contributed by atoms with E-state index in [1.165, 1.54) is 12.1 Å². The number of amides is 1. The van der Waals surface area contributed by atoms with E-state index in [1.54, 1.807) is 6.07 Å². The number of hydrogen-bond donors (Lipinski definition) is 2. The topological polar surface area (TPSA) is 61.0 Å². The van der Waals surface area contributed by atoms with Crippen LogP contribution in [0.3, 0.4) is 0 Å². The highest BCUT2D eigenvalue weighted by molar-refractivity contribution is 5.85. The Morgan fingerprint density at radius 1 is 1.30 bits per heavy atom. The number of rotatable bonds is 8. The number of aromatic amines is 1. The first-order valence-electron chi connectivity index (χ1n) is 9.39. The third-order valence-electron chi connectivity index (χ3n) is 4.98. The smallest absolute Gasteiger partial charge is 0.226 e. The van der Waals surface area contributed by atoms with Gasteiger partial charge >= 0.3 is 0 Å². The van der Waals surface area contributed by atoms with Crippen molar-refractivity contribution in [1.29, 1.82) is 0 Å². The predicted molar refractivity (Wildman–Crippen MR) is 107 cm³/mol. The first kappa shape index (κ1) is 21.4.